The van der Waals surface area contributed by atoms with Gasteiger partial charge in [0.25, 0.3) is 0 Å². The van der Waals surface area contributed by atoms with Gasteiger partial charge >= 0.3 is 0 Å². The van der Waals surface area contributed by atoms with Gasteiger partial charge in [0.15, 0.2) is 13.6 Å². The van der Waals surface area contributed by atoms with Crippen LogP contribution in [-0.2, 0) is 9.47 Å². The summed E-state index contributed by atoms with van der Waals surface area (Å²) >= 11 is 3.62. The maximum Gasteiger partial charge on any atom is 0.188 e. The van der Waals surface area contributed by atoms with E-state index in [4.69, 9.17) is 18.9 Å². The van der Waals surface area contributed by atoms with E-state index in [1.54, 1.807) is 14.2 Å². The van der Waals surface area contributed by atoms with Gasteiger partial charge in [-0.05, 0) is 70.8 Å². The van der Waals surface area contributed by atoms with Crippen LogP contribution in [0.1, 0.15) is 11.1 Å². The molecule has 0 heterocycles. The van der Waals surface area contributed by atoms with Crippen molar-refractivity contribution >= 4 is 50.8 Å². The summed E-state index contributed by atoms with van der Waals surface area (Å²) in [5.41, 5.74) is 5.46. The highest BCUT2D eigenvalue weighted by molar-refractivity contribution is 9.10. The van der Waals surface area contributed by atoms with Crippen molar-refractivity contribution in [2.75, 3.05) is 27.8 Å². The quantitative estimate of drug-likeness (QED) is 0.260. The second kappa shape index (κ2) is 9.53. The summed E-state index contributed by atoms with van der Waals surface area (Å²) in [5.74, 6) is 1.52. The van der Waals surface area contributed by atoms with Gasteiger partial charge in [0.1, 0.15) is 19.3 Å². The zero-order valence-electron chi connectivity index (χ0n) is 19.0. The fourth-order valence-electron chi connectivity index (χ4n) is 4.21. The lowest BCUT2D eigenvalue weighted by molar-refractivity contribution is 0.0501. The number of aryl methyl sites for hydroxylation is 2. The Morgan fingerprint density at radius 3 is 1.72 bits per heavy atom. The molecule has 4 nitrogen and oxygen atoms in total. The molecule has 4 rings (SSSR count). The Labute approximate surface area is 198 Å². The first-order chi connectivity index (χ1) is 15.4. The minimum absolute atomic E-state index is 0.158. The van der Waals surface area contributed by atoms with Crippen LogP contribution in [0.25, 0.3) is 32.7 Å². The molecule has 0 aromatic heterocycles. The van der Waals surface area contributed by atoms with Crippen molar-refractivity contribution in [2.45, 2.75) is 13.8 Å². The topological polar surface area (TPSA) is 36.9 Å². The standard InChI is InChI=1S/C26H26BBrO4/c1-15-9-23(31-13-29-3)25(19-7-5-17(27)11-21(15)19)26-20-8-6-18(28)12-22(20)16(2)10-24(26)32-14-30-4/h5-12H,13-14,27H2,1-4H3. The predicted molar refractivity (Wildman–Crippen MR) is 137 cm³/mol. The van der Waals surface area contributed by atoms with Gasteiger partial charge in [-0.1, -0.05) is 45.7 Å². The lowest BCUT2D eigenvalue weighted by Gasteiger charge is -2.21. The van der Waals surface area contributed by atoms with Gasteiger partial charge in [0.05, 0.1) is 0 Å². The van der Waals surface area contributed by atoms with Gasteiger partial charge < -0.3 is 18.9 Å². The molecule has 4 aromatic rings. The molecule has 32 heavy (non-hydrogen) atoms. The van der Waals surface area contributed by atoms with E-state index >= 15 is 0 Å². The van der Waals surface area contributed by atoms with Gasteiger partial charge in [-0.3, -0.25) is 0 Å². The lowest BCUT2D eigenvalue weighted by Crippen LogP contribution is -2.06. The van der Waals surface area contributed by atoms with Crippen LogP contribution in [0.3, 0.4) is 0 Å². The molecule has 4 aromatic carbocycles. The van der Waals surface area contributed by atoms with E-state index in [0.29, 0.717) is 0 Å². The highest BCUT2D eigenvalue weighted by Gasteiger charge is 2.21. The molecule has 0 aliphatic rings. The summed E-state index contributed by atoms with van der Waals surface area (Å²) < 4.78 is 23.7. The van der Waals surface area contributed by atoms with Crippen LogP contribution in [-0.4, -0.2) is 35.7 Å². The second-order valence-corrected chi connectivity index (χ2v) is 8.89. The van der Waals surface area contributed by atoms with Gasteiger partial charge in [-0.15, -0.1) is 0 Å². The highest BCUT2D eigenvalue weighted by Crippen LogP contribution is 2.47. The molecule has 0 saturated carbocycles. The van der Waals surface area contributed by atoms with E-state index in [9.17, 15) is 0 Å². The minimum Gasteiger partial charge on any atom is -0.467 e. The summed E-state index contributed by atoms with van der Waals surface area (Å²) in [5, 5.41) is 4.54. The summed E-state index contributed by atoms with van der Waals surface area (Å²) in [7, 11) is 5.37. The zero-order chi connectivity index (χ0) is 22.8. The second-order valence-electron chi connectivity index (χ2n) is 7.97. The number of hydrogen-bond acceptors (Lipinski definition) is 4. The summed E-state index contributed by atoms with van der Waals surface area (Å²) in [6.45, 7) is 4.52. The number of halogens is 1. The van der Waals surface area contributed by atoms with Crippen molar-refractivity contribution in [2.24, 2.45) is 0 Å². The Morgan fingerprint density at radius 2 is 1.19 bits per heavy atom. The number of hydrogen-bond donors (Lipinski definition) is 0. The number of fused-ring (bicyclic) bond motifs is 2. The van der Waals surface area contributed by atoms with Crippen molar-refractivity contribution in [3.63, 3.8) is 0 Å². The van der Waals surface area contributed by atoms with E-state index in [0.717, 1.165) is 54.4 Å². The van der Waals surface area contributed by atoms with E-state index in [1.165, 1.54) is 10.8 Å². The molecule has 0 fully saturated rings. The average molecular weight is 493 g/mol. The summed E-state index contributed by atoms with van der Waals surface area (Å²) in [6, 6.07) is 17.0. The van der Waals surface area contributed by atoms with Crippen molar-refractivity contribution in [3.05, 3.63) is 64.1 Å². The number of methoxy groups -OCH3 is 2. The monoisotopic (exact) mass is 492 g/mol. The zero-order valence-corrected chi connectivity index (χ0v) is 20.6. The fourth-order valence-corrected chi connectivity index (χ4v) is 4.57. The Hall–Kier alpha value is -2.54. The average Bonchev–Trinajstić information content (AvgIpc) is 2.77. The first-order valence-electron chi connectivity index (χ1n) is 10.4. The van der Waals surface area contributed by atoms with Crippen LogP contribution in [0, 0.1) is 13.8 Å². The maximum atomic E-state index is 6.10. The normalized spacial score (nSPS) is 11.3. The number of rotatable bonds is 7. The molecular formula is C26H26BBrO4. The van der Waals surface area contributed by atoms with Crippen molar-refractivity contribution in [1.29, 1.82) is 0 Å². The van der Waals surface area contributed by atoms with E-state index < -0.39 is 0 Å². The lowest BCUT2D eigenvalue weighted by atomic mass is 9.86. The molecule has 6 heteroatoms. The van der Waals surface area contributed by atoms with E-state index in [2.05, 4.69) is 86.2 Å². The van der Waals surface area contributed by atoms with Crippen molar-refractivity contribution in [1.82, 2.24) is 0 Å². The van der Waals surface area contributed by atoms with Crippen molar-refractivity contribution in [3.8, 4) is 22.6 Å². The van der Waals surface area contributed by atoms with Gasteiger partial charge in [-0.2, -0.15) is 0 Å². The van der Waals surface area contributed by atoms with Crippen LogP contribution in [0.2, 0.25) is 0 Å². The predicted octanol–water partition coefficient (Wildman–Crippen LogP) is 5.26. The molecule has 0 atom stereocenters. The number of ether oxygens (including phenoxy) is 4. The first kappa shape index (κ1) is 22.7. The third-order valence-corrected chi connectivity index (χ3v) is 6.14. The number of benzene rings is 4. The summed E-state index contributed by atoms with van der Waals surface area (Å²) in [4.78, 5) is 0. The molecular weight excluding hydrogens is 467 g/mol. The Kier molecular flexibility index (Phi) is 6.75. The molecule has 0 bridgehead atoms. The van der Waals surface area contributed by atoms with Crippen LogP contribution in [0.15, 0.2) is 53.0 Å². The molecule has 0 radical (unpaired) electrons. The van der Waals surface area contributed by atoms with Crippen LogP contribution in [0.5, 0.6) is 11.5 Å². The molecule has 0 saturated heterocycles. The molecule has 0 aliphatic heterocycles. The summed E-state index contributed by atoms with van der Waals surface area (Å²) in [6.07, 6.45) is 0. The van der Waals surface area contributed by atoms with Gasteiger partial charge in [-0.25, -0.2) is 0 Å². The highest BCUT2D eigenvalue weighted by atomic mass is 79.9. The Bertz CT molecular complexity index is 1200. The van der Waals surface area contributed by atoms with E-state index in [-0.39, 0.29) is 13.6 Å². The van der Waals surface area contributed by atoms with Crippen LogP contribution < -0.4 is 14.9 Å². The molecule has 164 valence electrons. The molecule has 0 N–H and O–H groups in total. The molecule has 0 unspecified atom stereocenters. The van der Waals surface area contributed by atoms with E-state index in [1.807, 2.05) is 0 Å². The molecule has 0 spiro atoms. The van der Waals surface area contributed by atoms with Crippen LogP contribution >= 0.6 is 15.9 Å². The van der Waals surface area contributed by atoms with Crippen LogP contribution in [0.4, 0.5) is 0 Å². The SMILES string of the molecule is Bc1ccc2c(-c3c(OCOC)cc(C)c4cc(Br)ccc34)c(OCOC)cc(C)c2c1. The minimum atomic E-state index is 0.158. The largest absolute Gasteiger partial charge is 0.467 e. The first-order valence-corrected chi connectivity index (χ1v) is 11.2. The molecule has 0 aliphatic carbocycles. The maximum absolute atomic E-state index is 6.10. The Balaban J connectivity index is 2.16. The van der Waals surface area contributed by atoms with Crippen molar-refractivity contribution < 1.29 is 18.9 Å². The third-order valence-electron chi connectivity index (χ3n) is 5.65. The molecule has 0 amide bonds. The third kappa shape index (κ3) is 4.23. The smallest absolute Gasteiger partial charge is 0.188 e. The van der Waals surface area contributed by atoms with Gasteiger partial charge in [0.2, 0.25) is 0 Å². The fraction of sp³-hybridized carbons (Fsp3) is 0.231. The van der Waals surface area contributed by atoms with Gasteiger partial charge in [0, 0.05) is 29.8 Å². The Morgan fingerprint density at radius 1 is 0.688 bits per heavy atom.